The van der Waals surface area contributed by atoms with Crippen LogP contribution in [0.3, 0.4) is 0 Å². The van der Waals surface area contributed by atoms with Crippen molar-refractivity contribution in [1.29, 1.82) is 0 Å². The molecule has 0 spiro atoms. The lowest BCUT2D eigenvalue weighted by molar-refractivity contribution is 0.0529. The summed E-state index contributed by atoms with van der Waals surface area (Å²) in [7, 11) is 0. The maximum Gasteiger partial charge on any atom is 0.340 e. The summed E-state index contributed by atoms with van der Waals surface area (Å²) in [5.41, 5.74) is 4.03. The molecule has 30 heavy (non-hydrogen) atoms. The summed E-state index contributed by atoms with van der Waals surface area (Å²) in [6.45, 7) is 3.92. The molecule has 2 heterocycles. The van der Waals surface area contributed by atoms with Crippen LogP contribution in [0, 0.1) is 12.7 Å². The van der Waals surface area contributed by atoms with Crippen LogP contribution >= 0.6 is 0 Å². The summed E-state index contributed by atoms with van der Waals surface area (Å²) in [5, 5.41) is 0. The molecule has 4 aromatic rings. The van der Waals surface area contributed by atoms with Crippen molar-refractivity contribution in [2.75, 3.05) is 6.61 Å². The highest BCUT2D eigenvalue weighted by Crippen LogP contribution is 2.27. The second-order valence-electron chi connectivity index (χ2n) is 6.84. The first-order valence-electron chi connectivity index (χ1n) is 9.54. The van der Waals surface area contributed by atoms with Crippen molar-refractivity contribution in [2.45, 2.75) is 13.8 Å². The van der Waals surface area contributed by atoms with Gasteiger partial charge in [-0.2, -0.15) is 0 Å². The van der Waals surface area contributed by atoms with Gasteiger partial charge in [-0.15, -0.1) is 0 Å². The number of benzene rings is 2. The van der Waals surface area contributed by atoms with E-state index in [4.69, 9.17) is 4.74 Å². The zero-order chi connectivity index (χ0) is 21.3. The van der Waals surface area contributed by atoms with E-state index in [1.54, 1.807) is 17.4 Å². The first-order valence-corrected chi connectivity index (χ1v) is 9.54. The Morgan fingerprint density at radius 3 is 2.50 bits per heavy atom. The van der Waals surface area contributed by atoms with Crippen molar-refractivity contribution in [3.8, 4) is 11.3 Å². The van der Waals surface area contributed by atoms with Crippen LogP contribution in [0.5, 0.6) is 0 Å². The third kappa shape index (κ3) is 3.48. The Balaban J connectivity index is 1.90. The average molecular weight is 402 g/mol. The number of halogens is 1. The van der Waals surface area contributed by atoms with Gasteiger partial charge in [0.25, 0.3) is 0 Å². The average Bonchev–Trinajstić information content (AvgIpc) is 3.13. The third-order valence-corrected chi connectivity index (χ3v) is 4.92. The summed E-state index contributed by atoms with van der Waals surface area (Å²) in [6, 6.07) is 16.3. The number of carbonyl (C=O) groups excluding carboxylic acids is 2. The van der Waals surface area contributed by atoms with Crippen LogP contribution in [0.2, 0.25) is 0 Å². The molecule has 0 saturated carbocycles. The van der Waals surface area contributed by atoms with Gasteiger partial charge in [-0.3, -0.25) is 9.20 Å². The van der Waals surface area contributed by atoms with Gasteiger partial charge >= 0.3 is 5.97 Å². The minimum atomic E-state index is -0.518. The third-order valence-electron chi connectivity index (χ3n) is 4.92. The lowest BCUT2D eigenvalue weighted by Gasteiger charge is -2.08. The van der Waals surface area contributed by atoms with Gasteiger partial charge in [0.05, 0.1) is 29.1 Å². The maximum absolute atomic E-state index is 13.3. The van der Waals surface area contributed by atoms with Gasteiger partial charge in [0, 0.05) is 11.1 Å². The fourth-order valence-electron chi connectivity index (χ4n) is 3.40. The van der Waals surface area contributed by atoms with Gasteiger partial charge in [-0.05, 0) is 55.8 Å². The van der Waals surface area contributed by atoms with Gasteiger partial charge < -0.3 is 4.74 Å². The Hall–Kier alpha value is -3.80. The molecule has 0 fully saturated rings. The fourth-order valence-corrected chi connectivity index (χ4v) is 3.40. The first-order chi connectivity index (χ1) is 14.5. The predicted octanol–water partition coefficient (Wildman–Crippen LogP) is 4.86. The summed E-state index contributed by atoms with van der Waals surface area (Å²) < 4.78 is 20.0. The number of nitrogens with zero attached hydrogens (tertiary/aromatic N) is 2. The van der Waals surface area contributed by atoms with Gasteiger partial charge in [-0.1, -0.05) is 24.3 Å². The number of rotatable bonds is 5. The van der Waals surface area contributed by atoms with Gasteiger partial charge in [0.1, 0.15) is 12.1 Å². The van der Waals surface area contributed by atoms with E-state index in [1.165, 1.54) is 36.7 Å². The molecule has 0 bridgehead atoms. The van der Waals surface area contributed by atoms with E-state index in [2.05, 4.69) is 4.98 Å². The highest BCUT2D eigenvalue weighted by molar-refractivity contribution is 6.11. The Morgan fingerprint density at radius 1 is 1.07 bits per heavy atom. The van der Waals surface area contributed by atoms with Crippen molar-refractivity contribution >= 4 is 17.3 Å². The molecule has 0 aliphatic heterocycles. The Morgan fingerprint density at radius 2 is 1.80 bits per heavy atom. The summed E-state index contributed by atoms with van der Waals surface area (Å²) in [4.78, 5) is 30.1. The van der Waals surface area contributed by atoms with E-state index in [0.29, 0.717) is 16.8 Å². The molecule has 0 amide bonds. The summed E-state index contributed by atoms with van der Waals surface area (Å²) in [6.07, 6.45) is 1.52. The standard InChI is InChI=1S/C24H19FN2O3/c1-3-30-24(29)19-12-22(23(28)16-8-10-17(25)11-9-16)27-14-26-20(13-21(19)27)18-7-5-4-6-15(18)2/h4-14H,3H2,1-2H3. The van der Waals surface area contributed by atoms with E-state index in [9.17, 15) is 14.0 Å². The number of fused-ring (bicyclic) bond motifs is 1. The van der Waals surface area contributed by atoms with Gasteiger partial charge in [0.15, 0.2) is 0 Å². The molecule has 6 heteroatoms. The molecular formula is C24H19FN2O3. The highest BCUT2D eigenvalue weighted by atomic mass is 19.1. The molecule has 0 atom stereocenters. The highest BCUT2D eigenvalue weighted by Gasteiger charge is 2.22. The molecule has 0 unspecified atom stereocenters. The number of aromatic nitrogens is 2. The van der Waals surface area contributed by atoms with E-state index >= 15 is 0 Å². The number of ketones is 1. The molecule has 0 saturated heterocycles. The van der Waals surface area contributed by atoms with E-state index in [1.807, 2.05) is 31.2 Å². The molecule has 150 valence electrons. The van der Waals surface area contributed by atoms with Crippen molar-refractivity contribution in [1.82, 2.24) is 9.38 Å². The SMILES string of the molecule is CCOC(=O)c1cc(C(=O)c2ccc(F)cc2)n2cnc(-c3ccccc3C)cc12. The summed E-state index contributed by atoms with van der Waals surface area (Å²) in [5.74, 6) is -1.29. The van der Waals surface area contributed by atoms with Crippen LogP contribution < -0.4 is 0 Å². The minimum Gasteiger partial charge on any atom is -0.462 e. The monoisotopic (exact) mass is 402 g/mol. The van der Waals surface area contributed by atoms with Crippen LogP contribution in [-0.2, 0) is 4.74 Å². The molecule has 0 radical (unpaired) electrons. The number of aryl methyl sites for hydroxylation is 1. The van der Waals surface area contributed by atoms with E-state index in [-0.39, 0.29) is 23.6 Å². The zero-order valence-electron chi connectivity index (χ0n) is 16.6. The number of ether oxygens (including phenoxy) is 1. The molecule has 2 aromatic carbocycles. The van der Waals surface area contributed by atoms with Crippen LogP contribution in [0.25, 0.3) is 16.8 Å². The predicted molar refractivity (Wildman–Crippen MR) is 111 cm³/mol. The lowest BCUT2D eigenvalue weighted by Crippen LogP contribution is -2.06. The van der Waals surface area contributed by atoms with Gasteiger partial charge in [0.2, 0.25) is 5.78 Å². The molecule has 0 aliphatic rings. The van der Waals surface area contributed by atoms with Crippen LogP contribution in [0.1, 0.15) is 38.9 Å². The van der Waals surface area contributed by atoms with Gasteiger partial charge in [-0.25, -0.2) is 14.2 Å². The second-order valence-corrected chi connectivity index (χ2v) is 6.84. The minimum absolute atomic E-state index is 0.215. The second kappa shape index (κ2) is 7.91. The molecule has 4 rings (SSSR count). The molecule has 0 N–H and O–H groups in total. The smallest absolute Gasteiger partial charge is 0.340 e. The van der Waals surface area contributed by atoms with Crippen molar-refractivity contribution in [2.24, 2.45) is 0 Å². The molecule has 2 aromatic heterocycles. The Bertz CT molecular complexity index is 1260. The van der Waals surface area contributed by atoms with E-state index < -0.39 is 11.8 Å². The van der Waals surface area contributed by atoms with Crippen molar-refractivity contribution < 1.29 is 18.7 Å². The van der Waals surface area contributed by atoms with Crippen LogP contribution in [0.15, 0.2) is 67.0 Å². The number of hydrogen-bond acceptors (Lipinski definition) is 4. The Kier molecular flexibility index (Phi) is 5.14. The summed E-state index contributed by atoms with van der Waals surface area (Å²) >= 11 is 0. The number of hydrogen-bond donors (Lipinski definition) is 0. The normalized spacial score (nSPS) is 10.9. The van der Waals surface area contributed by atoms with Crippen molar-refractivity contribution in [3.05, 3.63) is 95.2 Å². The van der Waals surface area contributed by atoms with Crippen LogP contribution in [-0.4, -0.2) is 27.7 Å². The Labute approximate surface area is 172 Å². The molecule has 0 aliphatic carbocycles. The topological polar surface area (TPSA) is 60.7 Å². The number of carbonyl (C=O) groups is 2. The quantitative estimate of drug-likeness (QED) is 0.353. The van der Waals surface area contributed by atoms with Crippen molar-refractivity contribution in [3.63, 3.8) is 0 Å². The zero-order valence-corrected chi connectivity index (χ0v) is 16.6. The maximum atomic E-state index is 13.3. The first kappa shape index (κ1) is 19.5. The molecular weight excluding hydrogens is 383 g/mol. The fraction of sp³-hybridized carbons (Fsp3) is 0.125. The number of esters is 1. The molecule has 5 nitrogen and oxygen atoms in total. The van der Waals surface area contributed by atoms with E-state index in [0.717, 1.165) is 11.1 Å². The largest absolute Gasteiger partial charge is 0.462 e. The lowest BCUT2D eigenvalue weighted by atomic mass is 10.1. The van der Waals surface area contributed by atoms with Crippen LogP contribution in [0.4, 0.5) is 4.39 Å².